The molecule has 5 heteroatoms. The maximum atomic E-state index is 12.8. The lowest BCUT2D eigenvalue weighted by Gasteiger charge is -2.10. The minimum absolute atomic E-state index is 0.164. The Morgan fingerprint density at radius 1 is 1.44 bits per heavy atom. The molecule has 1 rings (SSSR count). The zero-order valence-corrected chi connectivity index (χ0v) is 10.1. The van der Waals surface area contributed by atoms with Gasteiger partial charge in [-0.2, -0.15) is 0 Å². The molecule has 1 aromatic rings. The zero-order chi connectivity index (χ0) is 12.0. The molecule has 0 fully saturated rings. The lowest BCUT2D eigenvalue weighted by molar-refractivity contribution is 0.0540. The van der Waals surface area contributed by atoms with Crippen molar-refractivity contribution in [2.75, 3.05) is 13.2 Å². The minimum atomic E-state index is -0.415. The lowest BCUT2D eigenvalue weighted by Crippen LogP contribution is -2.12. The molecule has 3 nitrogen and oxygen atoms in total. The van der Waals surface area contributed by atoms with E-state index in [2.05, 4.69) is 4.98 Å². The van der Waals surface area contributed by atoms with Gasteiger partial charge in [-0.3, -0.25) is 0 Å². The van der Waals surface area contributed by atoms with Crippen LogP contribution in [0.3, 0.4) is 0 Å². The second-order valence-electron chi connectivity index (χ2n) is 3.52. The minimum Gasteiger partial charge on any atom is -0.475 e. The molecule has 0 aliphatic rings. The fourth-order valence-electron chi connectivity index (χ4n) is 1.12. The predicted molar refractivity (Wildman–Crippen MR) is 60.3 cm³/mol. The fraction of sp³-hybridized carbons (Fsp3) is 0.545. The first-order chi connectivity index (χ1) is 7.63. The van der Waals surface area contributed by atoms with Gasteiger partial charge in [-0.15, -0.1) is 11.6 Å². The molecule has 0 radical (unpaired) electrons. The largest absolute Gasteiger partial charge is 0.475 e. The fourth-order valence-corrected chi connectivity index (χ4v) is 1.31. The van der Waals surface area contributed by atoms with Crippen molar-refractivity contribution in [1.29, 1.82) is 0 Å². The molecule has 0 bridgehead atoms. The second kappa shape index (κ2) is 6.66. The molecule has 1 heterocycles. The summed E-state index contributed by atoms with van der Waals surface area (Å²) in [6, 6.07) is 1.32. The Bertz CT molecular complexity index is 334. The molecule has 0 aliphatic carbocycles. The molecular weight excluding hydrogens is 233 g/mol. The maximum absolute atomic E-state index is 12.8. The predicted octanol–water partition coefficient (Wildman–Crippen LogP) is 2.76. The van der Waals surface area contributed by atoms with Crippen LogP contribution in [0.1, 0.15) is 19.4 Å². The van der Waals surface area contributed by atoms with E-state index in [-0.39, 0.29) is 12.0 Å². The van der Waals surface area contributed by atoms with Crippen LogP contribution in [0.15, 0.2) is 12.3 Å². The van der Waals surface area contributed by atoms with Crippen LogP contribution in [0.4, 0.5) is 4.39 Å². The molecule has 0 saturated heterocycles. The smallest absolute Gasteiger partial charge is 0.218 e. The van der Waals surface area contributed by atoms with Crippen molar-refractivity contribution in [2.24, 2.45) is 0 Å². The van der Waals surface area contributed by atoms with Crippen LogP contribution in [0, 0.1) is 5.82 Å². The van der Waals surface area contributed by atoms with Gasteiger partial charge in [0.05, 0.1) is 24.8 Å². The second-order valence-corrected chi connectivity index (χ2v) is 3.79. The van der Waals surface area contributed by atoms with Gasteiger partial charge in [0.2, 0.25) is 5.88 Å². The van der Waals surface area contributed by atoms with E-state index in [1.807, 2.05) is 13.8 Å². The van der Waals surface area contributed by atoms with Gasteiger partial charge in [-0.1, -0.05) is 0 Å². The van der Waals surface area contributed by atoms with E-state index in [1.54, 1.807) is 0 Å². The number of rotatable bonds is 6. The molecule has 16 heavy (non-hydrogen) atoms. The molecule has 0 unspecified atom stereocenters. The number of alkyl halides is 1. The summed E-state index contributed by atoms with van der Waals surface area (Å²) in [5.74, 6) is 0.121. The van der Waals surface area contributed by atoms with Crippen molar-refractivity contribution in [3.8, 4) is 5.88 Å². The van der Waals surface area contributed by atoms with Gasteiger partial charge in [0.25, 0.3) is 0 Å². The SMILES string of the molecule is CC(C)OCCOc1ncc(F)cc1CCl. The Labute approximate surface area is 99.5 Å². The van der Waals surface area contributed by atoms with Gasteiger partial charge in [0.15, 0.2) is 0 Å². The topological polar surface area (TPSA) is 31.4 Å². The molecule has 90 valence electrons. The van der Waals surface area contributed by atoms with Crippen molar-refractivity contribution in [3.63, 3.8) is 0 Å². The highest BCUT2D eigenvalue weighted by molar-refractivity contribution is 6.17. The molecule has 1 aromatic heterocycles. The Morgan fingerprint density at radius 2 is 2.19 bits per heavy atom. The molecule has 0 aliphatic heterocycles. The molecule has 0 atom stereocenters. The van der Waals surface area contributed by atoms with Crippen LogP contribution in [-0.4, -0.2) is 24.3 Å². The van der Waals surface area contributed by atoms with Crippen molar-refractivity contribution in [1.82, 2.24) is 4.98 Å². The molecular formula is C11H15ClFNO2. The normalized spacial score (nSPS) is 10.8. The number of pyridine rings is 1. The van der Waals surface area contributed by atoms with Crippen molar-refractivity contribution in [2.45, 2.75) is 25.8 Å². The number of halogens is 2. The summed E-state index contributed by atoms with van der Waals surface area (Å²) < 4.78 is 23.5. The van der Waals surface area contributed by atoms with E-state index in [9.17, 15) is 4.39 Å². The third-order valence-corrected chi connectivity index (χ3v) is 2.10. The molecule has 0 spiro atoms. The highest BCUT2D eigenvalue weighted by atomic mass is 35.5. The van der Waals surface area contributed by atoms with Gasteiger partial charge in [-0.05, 0) is 19.9 Å². The number of hydrogen-bond acceptors (Lipinski definition) is 3. The van der Waals surface area contributed by atoms with Crippen LogP contribution in [-0.2, 0) is 10.6 Å². The van der Waals surface area contributed by atoms with Gasteiger partial charge in [0, 0.05) is 5.56 Å². The summed E-state index contributed by atoms with van der Waals surface area (Å²) in [7, 11) is 0. The first-order valence-corrected chi connectivity index (χ1v) is 5.61. The molecule has 0 saturated carbocycles. The third-order valence-electron chi connectivity index (χ3n) is 1.81. The highest BCUT2D eigenvalue weighted by Gasteiger charge is 2.06. The van der Waals surface area contributed by atoms with E-state index in [0.29, 0.717) is 24.7 Å². The first-order valence-electron chi connectivity index (χ1n) is 5.08. The van der Waals surface area contributed by atoms with E-state index in [4.69, 9.17) is 21.1 Å². The monoisotopic (exact) mass is 247 g/mol. The Balaban J connectivity index is 2.47. The molecule has 0 amide bonds. The number of nitrogens with zero attached hydrogens (tertiary/aromatic N) is 1. The van der Waals surface area contributed by atoms with Crippen LogP contribution < -0.4 is 4.74 Å². The number of ether oxygens (including phenoxy) is 2. The molecule has 0 N–H and O–H groups in total. The van der Waals surface area contributed by atoms with Crippen LogP contribution in [0.2, 0.25) is 0 Å². The average molecular weight is 248 g/mol. The van der Waals surface area contributed by atoms with Crippen molar-refractivity contribution >= 4 is 11.6 Å². The summed E-state index contributed by atoms with van der Waals surface area (Å²) in [6.07, 6.45) is 1.27. The van der Waals surface area contributed by atoms with Crippen LogP contribution in [0.25, 0.3) is 0 Å². The van der Waals surface area contributed by atoms with E-state index in [1.165, 1.54) is 6.07 Å². The summed E-state index contributed by atoms with van der Waals surface area (Å²) in [6.45, 7) is 4.74. The first kappa shape index (κ1) is 13.2. The Morgan fingerprint density at radius 3 is 2.81 bits per heavy atom. The zero-order valence-electron chi connectivity index (χ0n) is 9.37. The standard InChI is InChI=1S/C11H15ClFNO2/c1-8(2)15-3-4-16-11-9(6-12)5-10(13)7-14-11/h5,7-8H,3-4,6H2,1-2H3. The van der Waals surface area contributed by atoms with E-state index in [0.717, 1.165) is 6.20 Å². The van der Waals surface area contributed by atoms with Gasteiger partial charge < -0.3 is 9.47 Å². The average Bonchev–Trinajstić information content (AvgIpc) is 2.25. The summed E-state index contributed by atoms with van der Waals surface area (Å²) in [5, 5.41) is 0. The summed E-state index contributed by atoms with van der Waals surface area (Å²) in [4.78, 5) is 3.83. The maximum Gasteiger partial charge on any atom is 0.218 e. The third kappa shape index (κ3) is 4.33. The summed E-state index contributed by atoms with van der Waals surface area (Å²) in [5.41, 5.74) is 0.547. The quantitative estimate of drug-likeness (QED) is 0.572. The van der Waals surface area contributed by atoms with Gasteiger partial charge in [-0.25, -0.2) is 9.37 Å². The number of aromatic nitrogens is 1. The van der Waals surface area contributed by atoms with Crippen molar-refractivity contribution in [3.05, 3.63) is 23.6 Å². The Kier molecular flexibility index (Phi) is 5.49. The Hall–Kier alpha value is -0.870. The van der Waals surface area contributed by atoms with Crippen LogP contribution in [0.5, 0.6) is 5.88 Å². The van der Waals surface area contributed by atoms with Gasteiger partial charge >= 0.3 is 0 Å². The lowest BCUT2D eigenvalue weighted by atomic mass is 10.3. The number of hydrogen-bond donors (Lipinski definition) is 0. The van der Waals surface area contributed by atoms with E-state index < -0.39 is 5.82 Å². The summed E-state index contributed by atoms with van der Waals surface area (Å²) >= 11 is 5.65. The van der Waals surface area contributed by atoms with E-state index >= 15 is 0 Å². The van der Waals surface area contributed by atoms with Gasteiger partial charge in [0.1, 0.15) is 12.4 Å². The highest BCUT2D eigenvalue weighted by Crippen LogP contribution is 2.18. The van der Waals surface area contributed by atoms with Crippen molar-refractivity contribution < 1.29 is 13.9 Å². The molecule has 0 aromatic carbocycles. The van der Waals surface area contributed by atoms with Crippen LogP contribution >= 0.6 is 11.6 Å².